The van der Waals surface area contributed by atoms with E-state index in [9.17, 15) is 9.59 Å². The van der Waals surface area contributed by atoms with Crippen LogP contribution in [-0.4, -0.2) is 63.9 Å². The van der Waals surface area contributed by atoms with E-state index in [1.54, 1.807) is 12.0 Å². The number of amides is 1. The van der Waals surface area contributed by atoms with Crippen molar-refractivity contribution < 1.29 is 23.8 Å². The van der Waals surface area contributed by atoms with E-state index in [2.05, 4.69) is 4.74 Å². The summed E-state index contributed by atoms with van der Waals surface area (Å²) in [5.41, 5.74) is 0. The van der Waals surface area contributed by atoms with Gasteiger partial charge in [0, 0.05) is 33.2 Å². The SMILES string of the molecule is COCCOCCCN1CC(C(=O)OC)CC1=O. The summed E-state index contributed by atoms with van der Waals surface area (Å²) in [6.07, 6.45) is 1.03. The number of carbonyl (C=O) groups is 2. The van der Waals surface area contributed by atoms with E-state index in [-0.39, 0.29) is 24.2 Å². The molecule has 0 bridgehead atoms. The summed E-state index contributed by atoms with van der Waals surface area (Å²) in [4.78, 5) is 24.6. The highest BCUT2D eigenvalue weighted by Gasteiger charge is 2.34. The highest BCUT2D eigenvalue weighted by Crippen LogP contribution is 2.18. The van der Waals surface area contributed by atoms with Crippen molar-refractivity contribution in [3.8, 4) is 0 Å². The molecule has 0 spiro atoms. The number of hydrogen-bond donors (Lipinski definition) is 0. The minimum absolute atomic E-state index is 0.0160. The van der Waals surface area contributed by atoms with E-state index in [1.165, 1.54) is 7.11 Å². The molecule has 0 aliphatic carbocycles. The Kier molecular flexibility index (Phi) is 6.67. The molecule has 0 radical (unpaired) electrons. The summed E-state index contributed by atoms with van der Waals surface area (Å²) < 4.78 is 14.8. The van der Waals surface area contributed by atoms with Gasteiger partial charge in [-0.2, -0.15) is 0 Å². The lowest BCUT2D eigenvalue weighted by Crippen LogP contribution is -2.28. The fraction of sp³-hybridized carbons (Fsp3) is 0.833. The molecule has 0 aromatic heterocycles. The molecular weight excluding hydrogens is 238 g/mol. The number of esters is 1. The summed E-state index contributed by atoms with van der Waals surface area (Å²) in [7, 11) is 2.97. The van der Waals surface area contributed by atoms with Crippen LogP contribution in [0.2, 0.25) is 0 Å². The Labute approximate surface area is 107 Å². The van der Waals surface area contributed by atoms with Crippen molar-refractivity contribution in [2.24, 2.45) is 5.92 Å². The van der Waals surface area contributed by atoms with Gasteiger partial charge in [0.15, 0.2) is 0 Å². The summed E-state index contributed by atoms with van der Waals surface area (Å²) in [6.45, 7) is 2.82. The van der Waals surface area contributed by atoms with Crippen LogP contribution in [-0.2, 0) is 23.8 Å². The van der Waals surface area contributed by atoms with Gasteiger partial charge in [-0.1, -0.05) is 0 Å². The number of methoxy groups -OCH3 is 2. The number of rotatable bonds is 8. The highest BCUT2D eigenvalue weighted by molar-refractivity contribution is 5.86. The van der Waals surface area contributed by atoms with Crippen LogP contribution < -0.4 is 0 Å². The molecule has 0 saturated carbocycles. The molecule has 1 unspecified atom stereocenters. The Morgan fingerprint density at radius 2 is 2.11 bits per heavy atom. The Morgan fingerprint density at radius 3 is 2.78 bits per heavy atom. The molecule has 104 valence electrons. The molecule has 6 heteroatoms. The monoisotopic (exact) mass is 259 g/mol. The maximum absolute atomic E-state index is 11.6. The normalized spacial score (nSPS) is 19.3. The van der Waals surface area contributed by atoms with Gasteiger partial charge in [0.1, 0.15) is 0 Å². The molecule has 1 amide bonds. The maximum atomic E-state index is 11.6. The molecule has 1 atom stereocenters. The summed E-state index contributed by atoms with van der Waals surface area (Å²) in [6, 6.07) is 0. The van der Waals surface area contributed by atoms with Gasteiger partial charge in [-0.15, -0.1) is 0 Å². The predicted molar refractivity (Wildman–Crippen MR) is 64.0 cm³/mol. The van der Waals surface area contributed by atoms with Crippen molar-refractivity contribution >= 4 is 11.9 Å². The second kappa shape index (κ2) is 8.05. The predicted octanol–water partition coefficient (Wildman–Crippen LogP) is 0.0610. The summed E-state index contributed by atoms with van der Waals surface area (Å²) >= 11 is 0. The number of carbonyl (C=O) groups excluding carboxylic acids is 2. The molecule has 1 heterocycles. The fourth-order valence-electron chi connectivity index (χ4n) is 1.91. The minimum atomic E-state index is -0.308. The number of hydrogen-bond acceptors (Lipinski definition) is 5. The highest BCUT2D eigenvalue weighted by atomic mass is 16.5. The van der Waals surface area contributed by atoms with E-state index in [0.29, 0.717) is 32.9 Å². The largest absolute Gasteiger partial charge is 0.469 e. The maximum Gasteiger partial charge on any atom is 0.310 e. The molecular formula is C12H21NO5. The van der Waals surface area contributed by atoms with Gasteiger partial charge in [0.2, 0.25) is 5.91 Å². The van der Waals surface area contributed by atoms with Gasteiger partial charge in [0.25, 0.3) is 0 Å². The van der Waals surface area contributed by atoms with Crippen LogP contribution in [0.1, 0.15) is 12.8 Å². The lowest BCUT2D eigenvalue weighted by molar-refractivity contribution is -0.145. The van der Waals surface area contributed by atoms with Crippen LogP contribution in [0.4, 0.5) is 0 Å². The van der Waals surface area contributed by atoms with Gasteiger partial charge < -0.3 is 19.1 Å². The zero-order chi connectivity index (χ0) is 13.4. The van der Waals surface area contributed by atoms with Gasteiger partial charge in [0.05, 0.1) is 26.2 Å². The van der Waals surface area contributed by atoms with E-state index in [4.69, 9.17) is 9.47 Å². The van der Waals surface area contributed by atoms with Crippen molar-refractivity contribution in [3.05, 3.63) is 0 Å². The Bertz CT molecular complexity index is 282. The van der Waals surface area contributed by atoms with Crippen LogP contribution >= 0.6 is 0 Å². The van der Waals surface area contributed by atoms with Crippen molar-refractivity contribution in [1.29, 1.82) is 0 Å². The average molecular weight is 259 g/mol. The van der Waals surface area contributed by atoms with Gasteiger partial charge in [-0.3, -0.25) is 9.59 Å². The van der Waals surface area contributed by atoms with Gasteiger partial charge >= 0.3 is 5.97 Å². The zero-order valence-corrected chi connectivity index (χ0v) is 11.0. The zero-order valence-electron chi connectivity index (χ0n) is 11.0. The first-order valence-electron chi connectivity index (χ1n) is 6.11. The van der Waals surface area contributed by atoms with Crippen LogP contribution in [0.15, 0.2) is 0 Å². The van der Waals surface area contributed by atoms with Crippen molar-refractivity contribution in [1.82, 2.24) is 4.90 Å². The van der Waals surface area contributed by atoms with Gasteiger partial charge in [-0.25, -0.2) is 0 Å². The Hall–Kier alpha value is -1.14. The fourth-order valence-corrected chi connectivity index (χ4v) is 1.91. The van der Waals surface area contributed by atoms with E-state index >= 15 is 0 Å². The first-order valence-corrected chi connectivity index (χ1v) is 6.11. The van der Waals surface area contributed by atoms with E-state index < -0.39 is 0 Å². The molecule has 1 fully saturated rings. The van der Waals surface area contributed by atoms with Crippen LogP contribution in [0.3, 0.4) is 0 Å². The number of ether oxygens (including phenoxy) is 3. The van der Waals surface area contributed by atoms with Gasteiger partial charge in [-0.05, 0) is 6.42 Å². The molecule has 0 N–H and O–H groups in total. The minimum Gasteiger partial charge on any atom is -0.469 e. The second-order valence-corrected chi connectivity index (χ2v) is 4.22. The summed E-state index contributed by atoms with van der Waals surface area (Å²) in [5, 5.41) is 0. The average Bonchev–Trinajstić information content (AvgIpc) is 2.74. The Balaban J connectivity index is 2.15. The topological polar surface area (TPSA) is 65.1 Å². The lowest BCUT2D eigenvalue weighted by Gasteiger charge is -2.15. The first kappa shape index (κ1) is 14.9. The standard InChI is InChI=1S/C12H21NO5/c1-16-6-7-18-5-3-4-13-9-10(8-11(13)14)12(15)17-2/h10H,3-9H2,1-2H3. The smallest absolute Gasteiger partial charge is 0.310 e. The van der Waals surface area contributed by atoms with Crippen molar-refractivity contribution in [2.45, 2.75) is 12.8 Å². The third-order valence-corrected chi connectivity index (χ3v) is 2.90. The third-order valence-electron chi connectivity index (χ3n) is 2.90. The Morgan fingerprint density at radius 1 is 1.33 bits per heavy atom. The molecule has 0 aromatic carbocycles. The quantitative estimate of drug-likeness (QED) is 0.455. The second-order valence-electron chi connectivity index (χ2n) is 4.22. The van der Waals surface area contributed by atoms with Crippen LogP contribution in [0.25, 0.3) is 0 Å². The summed E-state index contributed by atoms with van der Waals surface area (Å²) in [5.74, 6) is -0.596. The van der Waals surface area contributed by atoms with Crippen LogP contribution in [0, 0.1) is 5.92 Å². The molecule has 0 aromatic rings. The van der Waals surface area contributed by atoms with E-state index in [1.807, 2.05) is 0 Å². The lowest BCUT2D eigenvalue weighted by atomic mass is 10.1. The van der Waals surface area contributed by atoms with E-state index in [0.717, 1.165) is 6.42 Å². The molecule has 6 nitrogen and oxygen atoms in total. The number of likely N-dealkylation sites (tertiary alicyclic amines) is 1. The molecule has 1 saturated heterocycles. The molecule has 1 rings (SSSR count). The molecule has 1 aliphatic heterocycles. The number of nitrogens with zero attached hydrogens (tertiary/aromatic N) is 1. The van der Waals surface area contributed by atoms with Crippen LogP contribution in [0.5, 0.6) is 0 Å². The third kappa shape index (κ3) is 4.62. The molecule has 1 aliphatic rings. The van der Waals surface area contributed by atoms with Crippen molar-refractivity contribution in [3.63, 3.8) is 0 Å². The first-order chi connectivity index (χ1) is 8.69. The van der Waals surface area contributed by atoms with Crippen molar-refractivity contribution in [2.75, 3.05) is 47.1 Å². The molecule has 18 heavy (non-hydrogen) atoms.